The maximum atomic E-state index is 14.6. The van der Waals surface area contributed by atoms with Crippen LogP contribution in [0.2, 0.25) is 0 Å². The van der Waals surface area contributed by atoms with Gasteiger partial charge < -0.3 is 66.3 Å². The average molecular weight is 1180 g/mol. The van der Waals surface area contributed by atoms with Crippen LogP contribution in [0.3, 0.4) is 0 Å². The lowest BCUT2D eigenvalue weighted by atomic mass is 9.95. The molecule has 0 amide bonds. The van der Waals surface area contributed by atoms with E-state index in [-0.39, 0.29) is 21.6 Å². The zero-order valence-electron chi connectivity index (χ0n) is 46.1. The summed E-state index contributed by atoms with van der Waals surface area (Å²) in [6.45, 7) is 4.85. The molecule has 25 nitrogen and oxygen atoms in total. The quantitative estimate of drug-likeness (QED) is 0.0863. The fraction of sp³-hybridized carbons (Fsp3) is 0.439. The molecule has 0 bridgehead atoms. The number of nitrogens with one attached hydrogen (secondary N) is 1. The predicted molar refractivity (Wildman–Crippen MR) is 281 cm³/mol. The topological polar surface area (TPSA) is 312 Å². The monoisotopic (exact) mass is 1180 g/mol. The van der Waals surface area contributed by atoms with Gasteiger partial charge in [0.05, 0.1) is 27.6 Å². The van der Waals surface area contributed by atoms with E-state index in [9.17, 15) is 46.8 Å². The number of carbonyl (C=O) groups excluding carboxylic acids is 8. The van der Waals surface area contributed by atoms with Gasteiger partial charge in [-0.25, -0.2) is 27.5 Å². The Balaban J connectivity index is 1.35. The summed E-state index contributed by atoms with van der Waals surface area (Å²) in [7, 11) is -3.41. The number of aryl methyl sites for hydroxylation is 1. The van der Waals surface area contributed by atoms with E-state index in [1.807, 2.05) is 0 Å². The van der Waals surface area contributed by atoms with Crippen molar-refractivity contribution in [3.8, 4) is 0 Å². The third kappa shape index (κ3) is 17.2. The summed E-state index contributed by atoms with van der Waals surface area (Å²) in [5, 5.41) is 0. The highest BCUT2D eigenvalue weighted by molar-refractivity contribution is 7.89. The number of benzene rings is 4. The van der Waals surface area contributed by atoms with Crippen LogP contribution >= 0.6 is 0 Å². The maximum Gasteiger partial charge on any atom is 0.338 e. The lowest BCUT2D eigenvalue weighted by Crippen LogP contribution is -2.67. The molecule has 0 aromatic heterocycles. The molecule has 3 saturated heterocycles. The Morgan fingerprint density at radius 3 is 1.39 bits per heavy atom. The molecule has 0 unspecified atom stereocenters. The first-order chi connectivity index (χ1) is 39.6. The first-order valence-electron chi connectivity index (χ1n) is 26.0. The van der Waals surface area contributed by atoms with E-state index >= 15 is 0 Å². The molecule has 0 aliphatic carbocycles. The minimum Gasteiger partial charge on any atom is -0.463 e. The van der Waals surface area contributed by atoms with Crippen molar-refractivity contribution in [1.82, 2.24) is 4.72 Å². The highest BCUT2D eigenvalue weighted by Crippen LogP contribution is 2.37. The number of rotatable bonds is 22. The van der Waals surface area contributed by atoms with Crippen LogP contribution in [-0.2, 0) is 100 Å². The largest absolute Gasteiger partial charge is 0.463 e. The number of hydrogen-bond acceptors (Lipinski definition) is 24. The minimum atomic E-state index is -4.63. The number of carbonyl (C=O) groups is 8. The number of sulfonamides is 1. The first kappa shape index (κ1) is 62.9. The SMILES string of the molecule is CO[C@H]1O[C@H](COC(=O)c2ccccc2)[C@H](O[C@@H]2C[C@H](NS(=O)(=O)c3ccc(C)cc3)[C@H](O[C@H]3O[C@H](COC(C)=O)[C@@H](OC(C)=O)[C@H](OC(C)=O)[C@H]3OC(C)=O)[C@@H](COC(C)=O)O2)[C@H](OC(=O)c2ccccc2)[C@H]1OC(=O)c1ccccc1. The molecule has 0 radical (unpaired) electrons. The van der Waals surface area contributed by atoms with Gasteiger partial charge >= 0.3 is 47.8 Å². The average Bonchev–Trinajstić information content (AvgIpc) is 3.62. The second kappa shape index (κ2) is 29.0. The van der Waals surface area contributed by atoms with Crippen LogP contribution in [0.5, 0.6) is 0 Å². The second-order valence-electron chi connectivity index (χ2n) is 19.2. The van der Waals surface area contributed by atoms with Gasteiger partial charge in [-0.1, -0.05) is 72.3 Å². The highest BCUT2D eigenvalue weighted by atomic mass is 32.2. The molecule has 1 N–H and O–H groups in total. The van der Waals surface area contributed by atoms with Crippen LogP contribution in [0.15, 0.2) is 120 Å². The van der Waals surface area contributed by atoms with Gasteiger partial charge in [0.2, 0.25) is 10.0 Å². The van der Waals surface area contributed by atoms with Crippen LogP contribution in [-0.4, -0.2) is 169 Å². The number of methoxy groups -OCH3 is 1. The minimum absolute atomic E-state index is 0.0371. The van der Waals surface area contributed by atoms with E-state index < -0.39 is 170 Å². The molecule has 0 spiro atoms. The molecule has 3 aliphatic rings. The lowest BCUT2D eigenvalue weighted by Gasteiger charge is -2.49. The molecule has 14 atom stereocenters. The molecule has 446 valence electrons. The van der Waals surface area contributed by atoms with Gasteiger partial charge in [-0.2, -0.15) is 0 Å². The van der Waals surface area contributed by atoms with Crippen molar-refractivity contribution < 1.29 is 113 Å². The third-order valence-corrected chi connectivity index (χ3v) is 14.4. The summed E-state index contributed by atoms with van der Waals surface area (Å²) in [6, 6.07) is 27.5. The van der Waals surface area contributed by atoms with Crippen LogP contribution < -0.4 is 4.72 Å². The van der Waals surface area contributed by atoms with Crippen molar-refractivity contribution in [2.24, 2.45) is 0 Å². The molecular formula is C57H63NO24S. The Kier molecular flexibility index (Phi) is 22.0. The van der Waals surface area contributed by atoms with Crippen LogP contribution in [0.1, 0.15) is 77.7 Å². The van der Waals surface area contributed by atoms with Crippen molar-refractivity contribution in [2.45, 2.75) is 139 Å². The van der Waals surface area contributed by atoms with Gasteiger partial charge in [-0.15, -0.1) is 0 Å². The van der Waals surface area contributed by atoms with Crippen molar-refractivity contribution in [1.29, 1.82) is 0 Å². The standard InChI is InChI=1S/C57H63NO24S/c1-31-23-25-40(26-24-31)83(67,68)58-41-27-45(76-42(28-70-32(2)59)46(41)82-57-52(75-36(6)63)49(74-35(5)62)47(73-34(4)61)43(78-57)29-71-33(3)60)79-48-44(30-72-53(64)37-17-11-8-12-18-37)77-56(69-7)51(81-55(66)39-21-15-10-16-22-39)50(48)80-54(65)38-19-13-9-14-20-38/h8-26,41-52,56-58H,27-30H2,1-7H3/t41-,42+,43+,44+,45+,46-,47+,48-,49-,50-,51+,52+,56-,57+/m0/s1. The molecule has 26 heteroatoms. The van der Waals surface area contributed by atoms with Gasteiger partial charge in [0.15, 0.2) is 49.4 Å². The van der Waals surface area contributed by atoms with Gasteiger partial charge in [0.1, 0.15) is 50.3 Å². The van der Waals surface area contributed by atoms with Crippen molar-refractivity contribution >= 4 is 57.8 Å². The summed E-state index contributed by atoms with van der Waals surface area (Å²) in [5.41, 5.74) is 0.956. The van der Waals surface area contributed by atoms with Crippen molar-refractivity contribution in [2.75, 3.05) is 26.9 Å². The second-order valence-corrected chi connectivity index (χ2v) is 20.9. The molecule has 3 aliphatic heterocycles. The van der Waals surface area contributed by atoms with Crippen LogP contribution in [0.4, 0.5) is 0 Å². The van der Waals surface area contributed by atoms with Crippen LogP contribution in [0, 0.1) is 6.92 Å². The summed E-state index contributed by atoms with van der Waals surface area (Å²) in [4.78, 5) is 105. The summed E-state index contributed by atoms with van der Waals surface area (Å²) < 4.78 is 116. The summed E-state index contributed by atoms with van der Waals surface area (Å²) >= 11 is 0. The number of hydrogen-bond donors (Lipinski definition) is 1. The Hall–Kier alpha value is -7.69. The van der Waals surface area contributed by atoms with E-state index in [1.54, 1.807) is 73.7 Å². The molecule has 0 saturated carbocycles. The third-order valence-electron chi connectivity index (χ3n) is 12.9. The molecular weight excluding hydrogens is 1110 g/mol. The van der Waals surface area contributed by atoms with Gasteiger partial charge in [0, 0.05) is 48.1 Å². The van der Waals surface area contributed by atoms with E-state index in [1.165, 1.54) is 55.6 Å². The van der Waals surface area contributed by atoms with E-state index in [2.05, 4.69) is 4.72 Å². The van der Waals surface area contributed by atoms with Gasteiger partial charge in [-0.3, -0.25) is 24.0 Å². The van der Waals surface area contributed by atoms with Crippen molar-refractivity contribution in [3.05, 3.63) is 138 Å². The predicted octanol–water partition coefficient (Wildman–Crippen LogP) is 3.85. The Labute approximate surface area is 477 Å². The molecule has 4 aromatic carbocycles. The molecule has 3 fully saturated rings. The zero-order valence-corrected chi connectivity index (χ0v) is 46.9. The molecule has 4 aromatic rings. The zero-order chi connectivity index (χ0) is 60.0. The van der Waals surface area contributed by atoms with E-state index in [0.717, 1.165) is 34.6 Å². The summed E-state index contributed by atoms with van der Waals surface area (Å²) in [5.74, 6) is -7.24. The van der Waals surface area contributed by atoms with Gasteiger partial charge in [0.25, 0.3) is 0 Å². The maximum absolute atomic E-state index is 14.6. The fourth-order valence-corrected chi connectivity index (χ4v) is 10.5. The lowest BCUT2D eigenvalue weighted by molar-refractivity contribution is -0.353. The smallest absolute Gasteiger partial charge is 0.338 e. The molecule has 83 heavy (non-hydrogen) atoms. The molecule has 7 rings (SSSR count). The highest BCUT2D eigenvalue weighted by Gasteiger charge is 2.57. The normalized spacial score (nSPS) is 26.9. The van der Waals surface area contributed by atoms with E-state index in [0.29, 0.717) is 5.56 Å². The fourth-order valence-electron chi connectivity index (χ4n) is 9.23. The Morgan fingerprint density at radius 2 is 0.880 bits per heavy atom. The molecule has 3 heterocycles. The van der Waals surface area contributed by atoms with Crippen LogP contribution in [0.25, 0.3) is 0 Å². The first-order valence-corrected chi connectivity index (χ1v) is 27.5. The summed E-state index contributed by atoms with van der Waals surface area (Å²) in [6.07, 6.45) is -22.6. The number of esters is 8. The van der Waals surface area contributed by atoms with Gasteiger partial charge in [-0.05, 0) is 55.5 Å². The van der Waals surface area contributed by atoms with Crippen molar-refractivity contribution in [3.63, 3.8) is 0 Å². The van der Waals surface area contributed by atoms with E-state index in [4.69, 9.17) is 66.3 Å². The number of ether oxygens (including phenoxy) is 14. The Bertz CT molecular complexity index is 3000. The Morgan fingerprint density at radius 1 is 0.458 bits per heavy atom.